The third-order valence-corrected chi connectivity index (χ3v) is 5.20. The lowest BCUT2D eigenvalue weighted by Crippen LogP contribution is -2.21. The molecule has 2 aromatic heterocycles. The lowest BCUT2D eigenvalue weighted by atomic mass is 10.0. The second-order valence-corrected chi connectivity index (χ2v) is 7.05. The summed E-state index contributed by atoms with van der Waals surface area (Å²) >= 11 is 0. The molecule has 7 nitrogen and oxygen atoms in total. The zero-order valence-electron chi connectivity index (χ0n) is 17.6. The molecular weight excluding hydrogens is 366 g/mol. The van der Waals surface area contributed by atoms with Crippen LogP contribution in [0.25, 0.3) is 5.82 Å². The number of aryl methyl sites for hydroxylation is 1. The molecular formula is C22H27N5O2. The van der Waals surface area contributed by atoms with Gasteiger partial charge in [0.05, 0.1) is 5.69 Å². The molecule has 1 amide bonds. The van der Waals surface area contributed by atoms with Gasteiger partial charge in [0.2, 0.25) is 11.8 Å². The summed E-state index contributed by atoms with van der Waals surface area (Å²) in [5.74, 6) is 1.78. The smallest absolute Gasteiger partial charge is 0.227 e. The molecule has 0 spiro atoms. The lowest BCUT2D eigenvalue weighted by Gasteiger charge is -2.13. The van der Waals surface area contributed by atoms with Crippen LogP contribution in [0.3, 0.4) is 0 Å². The normalized spacial score (nSPS) is 11.0. The summed E-state index contributed by atoms with van der Waals surface area (Å²) in [5.41, 5.74) is 3.88. The highest BCUT2D eigenvalue weighted by Crippen LogP contribution is 2.24. The Morgan fingerprint density at radius 3 is 2.38 bits per heavy atom. The van der Waals surface area contributed by atoms with Crippen LogP contribution in [0.1, 0.15) is 43.6 Å². The maximum absolute atomic E-state index is 12.2. The first-order valence-corrected chi connectivity index (χ1v) is 9.86. The van der Waals surface area contributed by atoms with E-state index in [9.17, 15) is 4.79 Å². The van der Waals surface area contributed by atoms with Crippen molar-refractivity contribution in [2.45, 2.75) is 47.5 Å². The van der Waals surface area contributed by atoms with Crippen molar-refractivity contribution in [1.29, 1.82) is 0 Å². The second-order valence-electron chi connectivity index (χ2n) is 7.05. The number of carbonyl (C=O) groups is 1. The third-order valence-electron chi connectivity index (χ3n) is 5.20. The number of hydrogen-bond donors (Lipinski definition) is 1. The maximum atomic E-state index is 12.2. The van der Waals surface area contributed by atoms with Gasteiger partial charge in [-0.1, -0.05) is 13.8 Å². The van der Waals surface area contributed by atoms with Crippen LogP contribution in [-0.4, -0.2) is 25.7 Å². The molecule has 0 aliphatic heterocycles. The van der Waals surface area contributed by atoms with Gasteiger partial charge in [-0.25, -0.2) is 14.6 Å². The number of nitrogens with one attached hydrogen (secondary N) is 1. The maximum Gasteiger partial charge on any atom is 0.227 e. The monoisotopic (exact) mass is 393 g/mol. The van der Waals surface area contributed by atoms with Crippen LogP contribution < -0.4 is 10.1 Å². The van der Waals surface area contributed by atoms with Crippen LogP contribution in [0.15, 0.2) is 36.7 Å². The number of benzene rings is 1. The van der Waals surface area contributed by atoms with Crippen LogP contribution in [0.2, 0.25) is 0 Å². The Labute approximate surface area is 171 Å². The summed E-state index contributed by atoms with van der Waals surface area (Å²) < 4.78 is 7.65. The molecule has 29 heavy (non-hydrogen) atoms. The standard InChI is InChI=1S/C22H27N5O2/c1-6-17(7-2)22(28)25-18-8-10-19(11-9-18)29-21-12-20(23-13-24-21)27-16(5)14(3)15(4)26-27/h8-13,17H,6-7H2,1-5H3,(H,25,28). The van der Waals surface area contributed by atoms with Gasteiger partial charge in [-0.2, -0.15) is 5.10 Å². The summed E-state index contributed by atoms with van der Waals surface area (Å²) in [6.45, 7) is 10.1. The van der Waals surface area contributed by atoms with E-state index in [1.54, 1.807) is 22.9 Å². The van der Waals surface area contributed by atoms with E-state index in [0.29, 0.717) is 17.4 Å². The van der Waals surface area contributed by atoms with Crippen molar-refractivity contribution in [3.8, 4) is 17.4 Å². The molecule has 2 heterocycles. The fraction of sp³-hybridized carbons (Fsp3) is 0.364. The molecule has 0 aliphatic carbocycles. The minimum atomic E-state index is 0.0309. The molecule has 7 heteroatoms. The van der Waals surface area contributed by atoms with Crippen molar-refractivity contribution in [2.24, 2.45) is 5.92 Å². The van der Waals surface area contributed by atoms with Gasteiger partial charge in [-0.3, -0.25) is 4.79 Å². The quantitative estimate of drug-likeness (QED) is 0.626. The van der Waals surface area contributed by atoms with Crippen molar-refractivity contribution in [1.82, 2.24) is 19.7 Å². The van der Waals surface area contributed by atoms with Crippen LogP contribution >= 0.6 is 0 Å². The van der Waals surface area contributed by atoms with E-state index in [1.165, 1.54) is 6.33 Å². The Morgan fingerprint density at radius 2 is 1.79 bits per heavy atom. The highest BCUT2D eigenvalue weighted by Gasteiger charge is 2.14. The summed E-state index contributed by atoms with van der Waals surface area (Å²) in [5, 5.41) is 7.47. The molecule has 1 N–H and O–H groups in total. The molecule has 3 aromatic rings. The van der Waals surface area contributed by atoms with E-state index >= 15 is 0 Å². The predicted octanol–water partition coefficient (Wildman–Crippen LogP) is 4.75. The minimum Gasteiger partial charge on any atom is -0.439 e. The first-order chi connectivity index (χ1) is 13.9. The van der Waals surface area contributed by atoms with Crippen molar-refractivity contribution in [2.75, 3.05) is 5.32 Å². The van der Waals surface area contributed by atoms with Gasteiger partial charge >= 0.3 is 0 Å². The average molecular weight is 393 g/mol. The molecule has 0 saturated carbocycles. The Morgan fingerprint density at radius 1 is 1.10 bits per heavy atom. The number of hydrogen-bond acceptors (Lipinski definition) is 5. The largest absolute Gasteiger partial charge is 0.439 e. The molecule has 3 rings (SSSR count). The van der Waals surface area contributed by atoms with E-state index < -0.39 is 0 Å². The van der Waals surface area contributed by atoms with Crippen LogP contribution in [0, 0.1) is 26.7 Å². The summed E-state index contributed by atoms with van der Waals surface area (Å²) in [7, 11) is 0. The molecule has 0 aliphatic rings. The highest BCUT2D eigenvalue weighted by molar-refractivity contribution is 5.92. The minimum absolute atomic E-state index is 0.0309. The molecule has 0 unspecified atom stereocenters. The first-order valence-electron chi connectivity index (χ1n) is 9.86. The van der Waals surface area contributed by atoms with E-state index in [4.69, 9.17) is 4.74 Å². The second kappa shape index (κ2) is 8.86. The van der Waals surface area contributed by atoms with E-state index in [0.717, 1.165) is 35.5 Å². The number of rotatable bonds is 7. The Balaban J connectivity index is 1.72. The zero-order valence-corrected chi connectivity index (χ0v) is 17.6. The van der Waals surface area contributed by atoms with Crippen molar-refractivity contribution in [3.05, 3.63) is 53.6 Å². The van der Waals surface area contributed by atoms with Crippen molar-refractivity contribution in [3.63, 3.8) is 0 Å². The van der Waals surface area contributed by atoms with E-state index in [2.05, 4.69) is 20.4 Å². The zero-order chi connectivity index (χ0) is 21.0. The van der Waals surface area contributed by atoms with Gasteiger partial charge in [-0.15, -0.1) is 0 Å². The molecule has 0 bridgehead atoms. The number of aromatic nitrogens is 4. The van der Waals surface area contributed by atoms with Gasteiger partial charge in [0.25, 0.3) is 0 Å². The molecule has 0 fully saturated rings. The topological polar surface area (TPSA) is 81.9 Å². The van der Waals surface area contributed by atoms with Crippen molar-refractivity contribution < 1.29 is 9.53 Å². The average Bonchev–Trinajstić information content (AvgIpc) is 2.98. The highest BCUT2D eigenvalue weighted by atomic mass is 16.5. The molecule has 152 valence electrons. The molecule has 0 atom stereocenters. The van der Waals surface area contributed by atoms with Crippen LogP contribution in [0.5, 0.6) is 11.6 Å². The summed E-state index contributed by atoms with van der Waals surface area (Å²) in [4.78, 5) is 20.7. The lowest BCUT2D eigenvalue weighted by molar-refractivity contribution is -0.120. The summed E-state index contributed by atoms with van der Waals surface area (Å²) in [6, 6.07) is 9.00. The number of amides is 1. The number of anilines is 1. The third kappa shape index (κ3) is 4.62. The SMILES string of the molecule is CCC(CC)C(=O)Nc1ccc(Oc2cc(-n3nc(C)c(C)c3C)ncn2)cc1. The van der Waals surface area contributed by atoms with E-state index in [1.807, 2.05) is 46.8 Å². The summed E-state index contributed by atoms with van der Waals surface area (Å²) in [6.07, 6.45) is 3.11. The van der Waals surface area contributed by atoms with Gasteiger partial charge in [0.1, 0.15) is 12.1 Å². The predicted molar refractivity (Wildman–Crippen MR) is 113 cm³/mol. The van der Waals surface area contributed by atoms with E-state index in [-0.39, 0.29) is 11.8 Å². The van der Waals surface area contributed by atoms with Gasteiger partial charge < -0.3 is 10.1 Å². The fourth-order valence-electron chi connectivity index (χ4n) is 3.08. The molecule has 0 radical (unpaired) electrons. The Kier molecular flexibility index (Phi) is 6.26. The molecule has 0 saturated heterocycles. The van der Waals surface area contributed by atoms with Crippen LogP contribution in [0.4, 0.5) is 5.69 Å². The van der Waals surface area contributed by atoms with Gasteiger partial charge in [0.15, 0.2) is 5.82 Å². The van der Waals surface area contributed by atoms with Gasteiger partial charge in [-0.05, 0) is 63.4 Å². The van der Waals surface area contributed by atoms with Crippen molar-refractivity contribution >= 4 is 11.6 Å². The Hall–Kier alpha value is -3.22. The van der Waals surface area contributed by atoms with Gasteiger partial charge in [0, 0.05) is 23.4 Å². The fourth-order valence-corrected chi connectivity index (χ4v) is 3.08. The number of nitrogens with zero attached hydrogens (tertiary/aromatic N) is 4. The Bertz CT molecular complexity index is 991. The number of ether oxygens (including phenoxy) is 1. The van der Waals surface area contributed by atoms with Crippen LogP contribution in [-0.2, 0) is 4.79 Å². The first kappa shape index (κ1) is 20.5. The number of carbonyl (C=O) groups excluding carboxylic acids is 1. The molecule has 1 aromatic carbocycles.